The Morgan fingerprint density at radius 2 is 1.96 bits per heavy atom. The Balaban J connectivity index is 2.05. The molecule has 0 saturated carbocycles. The zero-order valence-electron chi connectivity index (χ0n) is 14.9. The molecule has 130 valence electrons. The van der Waals surface area contributed by atoms with Crippen molar-refractivity contribution in [3.8, 4) is 5.75 Å². The van der Waals surface area contributed by atoms with Gasteiger partial charge in [-0.2, -0.15) is 5.10 Å². The van der Waals surface area contributed by atoms with Crippen LogP contribution in [0.25, 0.3) is 0 Å². The van der Waals surface area contributed by atoms with Crippen molar-refractivity contribution in [3.63, 3.8) is 0 Å². The highest BCUT2D eigenvalue weighted by Gasteiger charge is 2.22. The zero-order chi connectivity index (χ0) is 17.7. The number of ether oxygens (including phenoxy) is 2. The first-order valence-corrected chi connectivity index (χ1v) is 7.88. The molecule has 1 aromatic carbocycles. The standard InChI is InChI=1S/C18H25N3O3/c1-18(2,3)24-17(22)14-11-20-21(4)15(14)12-19-10-13-8-6-7-9-16(13)23-5/h6-9,11,19H,10,12H2,1-5H3. The number of nitrogens with one attached hydrogen (secondary N) is 1. The predicted molar refractivity (Wildman–Crippen MR) is 91.9 cm³/mol. The fraction of sp³-hybridized carbons (Fsp3) is 0.444. The second kappa shape index (κ2) is 7.49. The number of carbonyl (C=O) groups is 1. The monoisotopic (exact) mass is 331 g/mol. The van der Waals surface area contributed by atoms with Crippen molar-refractivity contribution in [2.45, 2.75) is 39.5 Å². The molecule has 0 amide bonds. The first-order chi connectivity index (χ1) is 11.3. The van der Waals surface area contributed by atoms with Gasteiger partial charge in [0.15, 0.2) is 0 Å². The number of aryl methyl sites for hydroxylation is 1. The lowest BCUT2D eigenvalue weighted by molar-refractivity contribution is 0.00680. The van der Waals surface area contributed by atoms with Gasteiger partial charge in [-0.3, -0.25) is 4.68 Å². The molecule has 1 heterocycles. The number of esters is 1. The number of carbonyl (C=O) groups excluding carboxylic acids is 1. The van der Waals surface area contributed by atoms with E-state index in [-0.39, 0.29) is 5.97 Å². The first-order valence-electron chi connectivity index (χ1n) is 7.88. The first kappa shape index (κ1) is 18.0. The van der Waals surface area contributed by atoms with Crippen LogP contribution in [-0.4, -0.2) is 28.5 Å². The molecule has 0 bridgehead atoms. The largest absolute Gasteiger partial charge is 0.496 e. The van der Waals surface area contributed by atoms with Crippen molar-refractivity contribution < 1.29 is 14.3 Å². The number of aromatic nitrogens is 2. The van der Waals surface area contributed by atoms with Gasteiger partial charge in [0, 0.05) is 25.7 Å². The van der Waals surface area contributed by atoms with E-state index in [0.29, 0.717) is 18.7 Å². The third kappa shape index (κ3) is 4.58. The van der Waals surface area contributed by atoms with Crippen LogP contribution in [0.1, 0.15) is 42.4 Å². The van der Waals surface area contributed by atoms with E-state index < -0.39 is 5.60 Å². The van der Waals surface area contributed by atoms with E-state index in [0.717, 1.165) is 17.0 Å². The SMILES string of the molecule is COc1ccccc1CNCc1c(C(=O)OC(C)(C)C)cnn1C. The summed E-state index contributed by atoms with van der Waals surface area (Å²) in [6, 6.07) is 7.83. The Bertz CT molecular complexity index is 702. The molecule has 0 radical (unpaired) electrons. The number of hydrogen-bond acceptors (Lipinski definition) is 5. The molecule has 0 atom stereocenters. The molecule has 6 heteroatoms. The lowest BCUT2D eigenvalue weighted by Crippen LogP contribution is -2.25. The van der Waals surface area contributed by atoms with Gasteiger partial charge in [-0.25, -0.2) is 4.79 Å². The minimum Gasteiger partial charge on any atom is -0.496 e. The lowest BCUT2D eigenvalue weighted by atomic mass is 10.1. The summed E-state index contributed by atoms with van der Waals surface area (Å²) in [6.45, 7) is 6.68. The average Bonchev–Trinajstić information content (AvgIpc) is 2.87. The maximum absolute atomic E-state index is 12.3. The van der Waals surface area contributed by atoms with Crippen molar-refractivity contribution in [2.75, 3.05) is 7.11 Å². The van der Waals surface area contributed by atoms with E-state index in [2.05, 4.69) is 10.4 Å². The summed E-state index contributed by atoms with van der Waals surface area (Å²) < 4.78 is 12.5. The molecular formula is C18H25N3O3. The van der Waals surface area contributed by atoms with Crippen molar-refractivity contribution in [1.29, 1.82) is 0 Å². The van der Waals surface area contributed by atoms with Crippen molar-refractivity contribution in [3.05, 3.63) is 47.3 Å². The molecule has 2 rings (SSSR count). The van der Waals surface area contributed by atoms with E-state index in [9.17, 15) is 4.79 Å². The molecule has 0 spiro atoms. The van der Waals surface area contributed by atoms with E-state index in [4.69, 9.17) is 9.47 Å². The molecule has 0 aliphatic heterocycles. The van der Waals surface area contributed by atoms with Crippen LogP contribution in [0.4, 0.5) is 0 Å². The van der Waals surface area contributed by atoms with Crippen LogP contribution in [0, 0.1) is 0 Å². The van der Waals surface area contributed by atoms with Crippen molar-refractivity contribution >= 4 is 5.97 Å². The van der Waals surface area contributed by atoms with Crippen LogP contribution in [0.3, 0.4) is 0 Å². The third-order valence-corrected chi connectivity index (χ3v) is 3.48. The molecule has 1 N–H and O–H groups in total. The Kier molecular flexibility index (Phi) is 5.62. The van der Waals surface area contributed by atoms with Gasteiger partial charge < -0.3 is 14.8 Å². The van der Waals surface area contributed by atoms with Gasteiger partial charge in [0.1, 0.15) is 16.9 Å². The highest BCUT2D eigenvalue weighted by Crippen LogP contribution is 2.18. The number of hydrogen-bond donors (Lipinski definition) is 1. The van der Waals surface area contributed by atoms with E-state index in [1.165, 1.54) is 0 Å². The number of benzene rings is 1. The smallest absolute Gasteiger partial charge is 0.342 e. The second-order valence-corrected chi connectivity index (χ2v) is 6.55. The normalized spacial score (nSPS) is 11.4. The third-order valence-electron chi connectivity index (χ3n) is 3.48. The van der Waals surface area contributed by atoms with Crippen molar-refractivity contribution in [1.82, 2.24) is 15.1 Å². The molecule has 0 aliphatic rings. The van der Waals surface area contributed by atoms with Gasteiger partial charge >= 0.3 is 5.97 Å². The number of nitrogens with zero attached hydrogens (tertiary/aromatic N) is 2. The maximum atomic E-state index is 12.3. The molecule has 2 aromatic rings. The predicted octanol–water partition coefficient (Wildman–Crippen LogP) is 2.67. The minimum atomic E-state index is -0.533. The average molecular weight is 331 g/mol. The van der Waals surface area contributed by atoms with Crippen LogP contribution < -0.4 is 10.1 Å². The van der Waals surface area contributed by atoms with E-state index in [1.54, 1.807) is 18.0 Å². The molecule has 0 unspecified atom stereocenters. The molecule has 0 aliphatic carbocycles. The summed E-state index contributed by atoms with van der Waals surface area (Å²) in [5.41, 5.74) is 1.80. The summed E-state index contributed by atoms with van der Waals surface area (Å²) in [6.07, 6.45) is 1.55. The Morgan fingerprint density at radius 1 is 1.25 bits per heavy atom. The summed E-state index contributed by atoms with van der Waals surface area (Å²) in [4.78, 5) is 12.3. The lowest BCUT2D eigenvalue weighted by Gasteiger charge is -2.19. The molecular weight excluding hydrogens is 306 g/mol. The maximum Gasteiger partial charge on any atom is 0.342 e. The van der Waals surface area contributed by atoms with E-state index >= 15 is 0 Å². The topological polar surface area (TPSA) is 65.4 Å². The highest BCUT2D eigenvalue weighted by molar-refractivity contribution is 5.90. The Morgan fingerprint density at radius 3 is 2.62 bits per heavy atom. The minimum absolute atomic E-state index is 0.357. The molecule has 1 aromatic heterocycles. The van der Waals surface area contributed by atoms with Gasteiger partial charge in [0.25, 0.3) is 0 Å². The van der Waals surface area contributed by atoms with Crippen LogP contribution >= 0.6 is 0 Å². The zero-order valence-corrected chi connectivity index (χ0v) is 14.9. The summed E-state index contributed by atoms with van der Waals surface area (Å²) in [5.74, 6) is 0.479. The Labute approximate surface area is 142 Å². The summed E-state index contributed by atoms with van der Waals surface area (Å²) in [5, 5.41) is 7.51. The second-order valence-electron chi connectivity index (χ2n) is 6.55. The van der Waals surface area contributed by atoms with Crippen molar-refractivity contribution in [2.24, 2.45) is 7.05 Å². The fourth-order valence-corrected chi connectivity index (χ4v) is 2.34. The van der Waals surface area contributed by atoms with Gasteiger partial charge in [-0.15, -0.1) is 0 Å². The fourth-order valence-electron chi connectivity index (χ4n) is 2.34. The highest BCUT2D eigenvalue weighted by atomic mass is 16.6. The number of methoxy groups -OCH3 is 1. The Hall–Kier alpha value is -2.34. The van der Waals surface area contributed by atoms with Crippen LogP contribution in [0.15, 0.2) is 30.5 Å². The van der Waals surface area contributed by atoms with Gasteiger partial charge in [-0.05, 0) is 26.8 Å². The molecule has 6 nitrogen and oxygen atoms in total. The number of rotatable bonds is 6. The van der Waals surface area contributed by atoms with Gasteiger partial charge in [0.05, 0.1) is 19.0 Å². The van der Waals surface area contributed by atoms with Crippen LogP contribution in [0.2, 0.25) is 0 Å². The molecule has 0 saturated heterocycles. The summed E-state index contributed by atoms with van der Waals surface area (Å²) >= 11 is 0. The number of para-hydroxylation sites is 1. The van der Waals surface area contributed by atoms with E-state index in [1.807, 2.05) is 52.1 Å². The van der Waals surface area contributed by atoms with Gasteiger partial charge in [-0.1, -0.05) is 18.2 Å². The van der Waals surface area contributed by atoms with Gasteiger partial charge in [0.2, 0.25) is 0 Å². The molecule has 24 heavy (non-hydrogen) atoms. The summed E-state index contributed by atoms with van der Waals surface area (Å²) in [7, 11) is 3.47. The quantitative estimate of drug-likeness (QED) is 0.825. The van der Waals surface area contributed by atoms with Crippen LogP contribution in [-0.2, 0) is 24.9 Å². The van der Waals surface area contributed by atoms with Crippen LogP contribution in [0.5, 0.6) is 5.75 Å². The molecule has 0 fully saturated rings.